The first-order valence-electron chi connectivity index (χ1n) is 4.26. The maximum atomic E-state index is 9.34. The van der Waals surface area contributed by atoms with Gasteiger partial charge in [-0.3, -0.25) is 11.3 Å². The Bertz CT molecular complexity index is 150. The molecule has 0 saturated heterocycles. The fourth-order valence-electron chi connectivity index (χ4n) is 0.813. The third-order valence-electron chi connectivity index (χ3n) is 1.73. The minimum absolute atomic E-state index is 0.539. The molecule has 0 saturated carbocycles. The Kier molecular flexibility index (Phi) is 5.16. The van der Waals surface area contributed by atoms with Crippen molar-refractivity contribution in [1.82, 2.24) is 5.43 Å². The molecule has 7 heteroatoms. The molecule has 0 bridgehead atoms. The molecule has 0 aliphatic heterocycles. The van der Waals surface area contributed by atoms with Crippen molar-refractivity contribution in [3.63, 3.8) is 0 Å². The van der Waals surface area contributed by atoms with Crippen LogP contribution in [0.4, 0.5) is 0 Å². The number of hydrogen-bond acceptors (Lipinski definition) is 7. The quantitative estimate of drug-likeness (QED) is 0.162. The molecule has 0 aromatic rings. The molecule has 0 amide bonds. The van der Waals surface area contributed by atoms with Crippen molar-refractivity contribution in [3.05, 3.63) is 0 Å². The minimum Gasteiger partial charge on any atom is -0.395 e. The van der Waals surface area contributed by atoms with Gasteiger partial charge in [0.1, 0.15) is 19.7 Å². The van der Waals surface area contributed by atoms with Crippen molar-refractivity contribution in [2.24, 2.45) is 5.84 Å². The van der Waals surface area contributed by atoms with Crippen molar-refractivity contribution in [3.8, 4) is 0 Å². The lowest BCUT2D eigenvalue weighted by atomic mass is 10.0. The van der Waals surface area contributed by atoms with Crippen LogP contribution in [0.15, 0.2) is 0 Å². The van der Waals surface area contributed by atoms with Gasteiger partial charge in [0.05, 0.1) is 19.3 Å². The Hall–Kier alpha value is -0.280. The van der Waals surface area contributed by atoms with Gasteiger partial charge in [0, 0.05) is 0 Å². The van der Waals surface area contributed by atoms with Crippen LogP contribution in [0.3, 0.4) is 0 Å². The maximum Gasteiger partial charge on any atom is 0.137 e. The molecule has 7 nitrogen and oxygen atoms in total. The van der Waals surface area contributed by atoms with E-state index >= 15 is 0 Å². The van der Waals surface area contributed by atoms with E-state index in [4.69, 9.17) is 16.7 Å². The van der Waals surface area contributed by atoms with Crippen molar-refractivity contribution in [2.75, 3.05) is 13.2 Å². The summed E-state index contributed by atoms with van der Waals surface area (Å²) in [6.45, 7) is -1.24. The van der Waals surface area contributed by atoms with Gasteiger partial charge in [0.25, 0.3) is 0 Å². The fourth-order valence-corrected chi connectivity index (χ4v) is 0.813. The minimum atomic E-state index is -1.60. The zero-order chi connectivity index (χ0) is 11.1. The number of aliphatic hydroxyl groups excluding tert-OH is 5. The van der Waals surface area contributed by atoms with Gasteiger partial charge >= 0.3 is 0 Å². The Balaban J connectivity index is 4.17. The van der Waals surface area contributed by atoms with E-state index in [1.807, 2.05) is 0 Å². The van der Waals surface area contributed by atoms with Gasteiger partial charge in [-0.05, 0) is 0 Å². The Labute approximate surface area is 76.9 Å². The molecule has 8 N–H and O–H groups in total. The SMILES string of the molecule is [2H]NN[C@@H](CO)[C@H](O)[C@@H](O)[C@H](O)CO. The third kappa shape index (κ3) is 3.53. The highest BCUT2D eigenvalue weighted by atomic mass is 16.4. The highest BCUT2D eigenvalue weighted by Gasteiger charge is 2.29. The zero-order valence-corrected chi connectivity index (χ0v) is 6.96. The van der Waals surface area contributed by atoms with Crippen LogP contribution < -0.4 is 11.3 Å². The van der Waals surface area contributed by atoms with Crippen molar-refractivity contribution < 1.29 is 26.9 Å². The molecule has 0 fully saturated rings. The van der Waals surface area contributed by atoms with Gasteiger partial charge in [-0.2, -0.15) is 0 Å². The number of nitrogens with two attached hydrogens (primary N) is 1. The van der Waals surface area contributed by atoms with Crippen LogP contribution in [-0.2, 0) is 0 Å². The van der Waals surface area contributed by atoms with Crippen LogP contribution >= 0.6 is 0 Å². The molecular formula is C6H16N2O5. The van der Waals surface area contributed by atoms with E-state index in [2.05, 4.69) is 5.43 Å². The van der Waals surface area contributed by atoms with Gasteiger partial charge < -0.3 is 25.5 Å². The van der Waals surface area contributed by atoms with E-state index in [0.717, 1.165) is 0 Å². The number of hydrogen-bond donors (Lipinski definition) is 7. The second-order valence-electron chi connectivity index (χ2n) is 2.66. The van der Waals surface area contributed by atoms with Crippen LogP contribution in [-0.4, -0.2) is 63.1 Å². The summed E-state index contributed by atoms with van der Waals surface area (Å²) >= 11 is 0. The molecule has 0 aromatic heterocycles. The predicted octanol–water partition coefficient (Wildman–Crippen LogP) is -4.11. The highest BCUT2D eigenvalue weighted by molar-refractivity contribution is 4.83. The summed E-state index contributed by atoms with van der Waals surface area (Å²) in [5.74, 6) is 1.74. The first-order chi connectivity index (χ1) is 6.58. The van der Waals surface area contributed by atoms with Crippen molar-refractivity contribution in [2.45, 2.75) is 24.4 Å². The molecule has 0 radical (unpaired) electrons. The molecule has 0 spiro atoms. The second kappa shape index (κ2) is 6.22. The molecule has 0 heterocycles. The van der Waals surface area contributed by atoms with Gasteiger partial charge in [-0.25, -0.2) is 0 Å². The van der Waals surface area contributed by atoms with Crippen LogP contribution in [0.5, 0.6) is 0 Å². The average molecular weight is 197 g/mol. The van der Waals surface area contributed by atoms with E-state index < -0.39 is 37.6 Å². The van der Waals surface area contributed by atoms with E-state index in [1.54, 1.807) is 5.84 Å². The van der Waals surface area contributed by atoms with Crippen molar-refractivity contribution in [1.29, 1.82) is 0 Å². The molecule has 0 aromatic carbocycles. The molecule has 0 aliphatic carbocycles. The zero-order valence-electron chi connectivity index (χ0n) is 7.96. The summed E-state index contributed by atoms with van der Waals surface area (Å²) < 4.78 is 6.55. The van der Waals surface area contributed by atoms with Crippen LogP contribution in [0, 0.1) is 0 Å². The third-order valence-corrected chi connectivity index (χ3v) is 1.73. The standard InChI is InChI=1S/C6H16N2O5/c7-8-3(1-9)5(12)6(13)4(11)2-10/h3-6,8-13H,1-2,7H2/t3-,4+,5-,6-/m0/s1/i/hD. The molecule has 0 rings (SSSR count). The van der Waals surface area contributed by atoms with Gasteiger partial charge in [0.2, 0.25) is 0 Å². The Morgan fingerprint density at radius 2 is 1.77 bits per heavy atom. The summed E-state index contributed by atoms with van der Waals surface area (Å²) in [6, 6.07) is -1.01. The molecule has 0 unspecified atom stereocenters. The largest absolute Gasteiger partial charge is 0.395 e. The van der Waals surface area contributed by atoms with E-state index in [1.165, 1.54) is 0 Å². The maximum absolute atomic E-state index is 9.34. The first-order valence-corrected chi connectivity index (χ1v) is 3.76. The van der Waals surface area contributed by atoms with Gasteiger partial charge in [-0.1, -0.05) is 0 Å². The average Bonchev–Trinajstić information content (AvgIpc) is 2.22. The lowest BCUT2D eigenvalue weighted by molar-refractivity contribution is -0.0916. The fraction of sp³-hybridized carbons (Fsp3) is 1.00. The second-order valence-corrected chi connectivity index (χ2v) is 2.66. The van der Waals surface area contributed by atoms with Crippen LogP contribution in [0.25, 0.3) is 0 Å². The first kappa shape index (κ1) is 10.8. The van der Waals surface area contributed by atoms with Crippen LogP contribution in [0.2, 0.25) is 1.41 Å². The normalized spacial score (nSPS) is 21.8. The van der Waals surface area contributed by atoms with Crippen molar-refractivity contribution >= 4 is 0 Å². The molecule has 13 heavy (non-hydrogen) atoms. The summed E-state index contributed by atoms with van der Waals surface area (Å²) in [6.07, 6.45) is -4.59. The monoisotopic (exact) mass is 197 g/mol. The molecule has 4 atom stereocenters. The molecule has 80 valence electrons. The topological polar surface area (TPSA) is 139 Å². The highest BCUT2D eigenvalue weighted by Crippen LogP contribution is 2.03. The predicted molar refractivity (Wildman–Crippen MR) is 43.3 cm³/mol. The summed E-state index contributed by atoms with van der Waals surface area (Å²) in [4.78, 5) is 0. The lowest BCUT2D eigenvalue weighted by Crippen LogP contribution is -2.54. The van der Waals surface area contributed by atoms with E-state index in [9.17, 15) is 10.2 Å². The smallest absolute Gasteiger partial charge is 0.137 e. The van der Waals surface area contributed by atoms with E-state index in [0.29, 0.717) is 0 Å². The summed E-state index contributed by atoms with van der Waals surface area (Å²) in [5, 5.41) is 44.7. The lowest BCUT2D eigenvalue weighted by Gasteiger charge is -2.26. The molecular weight excluding hydrogens is 180 g/mol. The number of rotatable bonds is 7. The Morgan fingerprint density at radius 3 is 2.15 bits per heavy atom. The van der Waals surface area contributed by atoms with E-state index in [-0.39, 0.29) is 0 Å². The summed E-state index contributed by atoms with van der Waals surface area (Å²) in [7, 11) is 0. The van der Waals surface area contributed by atoms with Gasteiger partial charge in [-0.15, -0.1) is 0 Å². The van der Waals surface area contributed by atoms with Crippen LogP contribution in [0.1, 0.15) is 0 Å². The van der Waals surface area contributed by atoms with Gasteiger partial charge in [0.15, 0.2) is 0 Å². The summed E-state index contributed by atoms with van der Waals surface area (Å²) in [5.41, 5.74) is 2.16. The number of hydrazine groups is 1. The Morgan fingerprint density at radius 1 is 1.15 bits per heavy atom. The molecule has 0 aliphatic rings. The number of aliphatic hydroxyl groups is 5. The number of nitrogens with one attached hydrogen (secondary N) is 1.